The molecule has 20 heavy (non-hydrogen) atoms. The molecule has 2 aromatic carbocycles. The van der Waals surface area contributed by atoms with Gasteiger partial charge < -0.3 is 5.11 Å². The van der Waals surface area contributed by atoms with Gasteiger partial charge in [0, 0.05) is 6.21 Å². The molecule has 0 aliphatic heterocycles. The van der Waals surface area contributed by atoms with Crippen LogP contribution in [-0.4, -0.2) is 19.7 Å². The molecule has 0 amide bonds. The summed E-state index contributed by atoms with van der Waals surface area (Å²) in [5.74, 6) is -0.253. The molecule has 0 fully saturated rings. The maximum atomic E-state index is 11.9. The van der Waals surface area contributed by atoms with Gasteiger partial charge in [-0.25, -0.2) is 0 Å². The lowest BCUT2D eigenvalue weighted by atomic mass is 10.2. The maximum absolute atomic E-state index is 11.9. The van der Waals surface area contributed by atoms with Gasteiger partial charge in [0.05, 0.1) is 14.9 Å². The quantitative estimate of drug-likeness (QED) is 0.876. The number of phenolic OH excluding ortho intramolecular Hbond substituents is 1. The van der Waals surface area contributed by atoms with Crippen molar-refractivity contribution in [3.8, 4) is 5.75 Å². The van der Waals surface area contributed by atoms with Crippen molar-refractivity contribution in [2.45, 2.75) is 4.90 Å². The highest BCUT2D eigenvalue weighted by Crippen LogP contribution is 2.32. The molecule has 2 aromatic rings. The Hall–Kier alpha value is -1.56. The second-order valence-electron chi connectivity index (χ2n) is 3.86. The fraction of sp³-hybridized carbons (Fsp3) is 0. The second kappa shape index (κ2) is 5.83. The van der Waals surface area contributed by atoms with E-state index in [1.807, 2.05) is 0 Å². The molecule has 0 unspecified atom stereocenters. The molecule has 0 radical (unpaired) electrons. The molecule has 104 valence electrons. The van der Waals surface area contributed by atoms with E-state index >= 15 is 0 Å². The van der Waals surface area contributed by atoms with Gasteiger partial charge in [-0.2, -0.15) is 12.8 Å². The van der Waals surface area contributed by atoms with Crippen molar-refractivity contribution in [2.75, 3.05) is 0 Å². The second-order valence-corrected chi connectivity index (χ2v) is 6.30. The topological polar surface area (TPSA) is 66.7 Å². The Balaban J connectivity index is 2.35. The first kappa shape index (κ1) is 14.8. The predicted octanol–water partition coefficient (Wildman–Crippen LogP) is 3.51. The highest BCUT2D eigenvalue weighted by molar-refractivity contribution is 7.90. The third-order valence-corrected chi connectivity index (χ3v) is 4.25. The van der Waals surface area contributed by atoms with E-state index in [-0.39, 0.29) is 20.7 Å². The third kappa shape index (κ3) is 3.30. The normalized spacial score (nSPS) is 11.9. The SMILES string of the molecule is O=S(=O)(/N=C\c1cc(Cl)c(O)c(Cl)c1)c1ccccc1. The average Bonchev–Trinajstić information content (AvgIpc) is 2.43. The van der Waals surface area contributed by atoms with E-state index in [1.54, 1.807) is 18.2 Å². The number of halogens is 2. The first-order valence-corrected chi connectivity index (χ1v) is 7.63. The first-order valence-electron chi connectivity index (χ1n) is 5.43. The number of nitrogens with zero attached hydrogens (tertiary/aromatic N) is 1. The van der Waals surface area contributed by atoms with Crippen LogP contribution in [0.25, 0.3) is 0 Å². The van der Waals surface area contributed by atoms with E-state index < -0.39 is 10.0 Å². The van der Waals surface area contributed by atoms with Crippen molar-refractivity contribution in [3.05, 3.63) is 58.1 Å². The van der Waals surface area contributed by atoms with Crippen molar-refractivity contribution in [3.63, 3.8) is 0 Å². The average molecular weight is 330 g/mol. The van der Waals surface area contributed by atoms with Crippen LogP contribution in [0, 0.1) is 0 Å². The molecular formula is C13H9Cl2NO3S. The largest absolute Gasteiger partial charge is 0.505 e. The summed E-state index contributed by atoms with van der Waals surface area (Å²) in [6.07, 6.45) is 1.12. The molecule has 7 heteroatoms. The number of sulfonamides is 1. The minimum absolute atomic E-state index is 0.0241. The summed E-state index contributed by atoms with van der Waals surface area (Å²) in [7, 11) is -3.77. The van der Waals surface area contributed by atoms with Gasteiger partial charge in [-0.3, -0.25) is 0 Å². The molecule has 0 aliphatic carbocycles. The molecule has 0 saturated heterocycles. The van der Waals surface area contributed by atoms with Crippen LogP contribution in [0.1, 0.15) is 5.56 Å². The van der Waals surface area contributed by atoms with Crippen LogP contribution >= 0.6 is 23.2 Å². The van der Waals surface area contributed by atoms with Gasteiger partial charge in [0.1, 0.15) is 0 Å². The highest BCUT2D eigenvalue weighted by atomic mass is 35.5. The molecule has 0 atom stereocenters. The number of benzene rings is 2. The van der Waals surface area contributed by atoms with Gasteiger partial charge in [-0.05, 0) is 29.8 Å². The zero-order valence-corrected chi connectivity index (χ0v) is 12.3. The van der Waals surface area contributed by atoms with Crippen molar-refractivity contribution >= 4 is 39.4 Å². The van der Waals surface area contributed by atoms with E-state index in [0.29, 0.717) is 5.56 Å². The maximum Gasteiger partial charge on any atom is 0.282 e. The lowest BCUT2D eigenvalue weighted by Crippen LogP contribution is -1.97. The van der Waals surface area contributed by atoms with Crippen LogP contribution in [0.5, 0.6) is 5.75 Å². The van der Waals surface area contributed by atoms with Gasteiger partial charge >= 0.3 is 0 Å². The minimum atomic E-state index is -3.77. The molecule has 0 bridgehead atoms. The van der Waals surface area contributed by atoms with Crippen LogP contribution in [0.15, 0.2) is 51.8 Å². The standard InChI is InChI=1S/C13H9Cl2NO3S/c14-11-6-9(7-12(15)13(11)17)8-16-20(18,19)10-4-2-1-3-5-10/h1-8,17H/b16-8-. The van der Waals surface area contributed by atoms with Gasteiger partial charge in [-0.15, -0.1) is 0 Å². The van der Waals surface area contributed by atoms with Crippen LogP contribution in [-0.2, 0) is 10.0 Å². The zero-order chi connectivity index (χ0) is 14.8. The summed E-state index contributed by atoms with van der Waals surface area (Å²) < 4.78 is 27.4. The monoisotopic (exact) mass is 329 g/mol. The Morgan fingerprint density at radius 2 is 1.60 bits per heavy atom. The zero-order valence-electron chi connectivity index (χ0n) is 9.99. The van der Waals surface area contributed by atoms with Gasteiger partial charge in [0.15, 0.2) is 5.75 Å². The van der Waals surface area contributed by atoms with Gasteiger partial charge in [0.2, 0.25) is 0 Å². The fourth-order valence-electron chi connectivity index (χ4n) is 1.44. The molecule has 0 saturated carbocycles. The minimum Gasteiger partial charge on any atom is -0.505 e. The van der Waals surface area contributed by atoms with Crippen LogP contribution in [0.3, 0.4) is 0 Å². The Kier molecular flexibility index (Phi) is 4.32. The van der Waals surface area contributed by atoms with Gasteiger partial charge in [0.25, 0.3) is 10.0 Å². The molecule has 4 nitrogen and oxygen atoms in total. The van der Waals surface area contributed by atoms with E-state index in [0.717, 1.165) is 6.21 Å². The Morgan fingerprint density at radius 1 is 1.05 bits per heavy atom. The number of hydrogen-bond donors (Lipinski definition) is 1. The predicted molar refractivity (Wildman–Crippen MR) is 79.3 cm³/mol. The van der Waals surface area contributed by atoms with Crippen molar-refractivity contribution in [1.82, 2.24) is 0 Å². The third-order valence-electron chi connectivity index (χ3n) is 2.42. The van der Waals surface area contributed by atoms with Crippen molar-refractivity contribution in [1.29, 1.82) is 0 Å². The summed E-state index contributed by atoms with van der Waals surface area (Å²) in [5.41, 5.74) is 0.373. The molecule has 0 aliphatic rings. The smallest absolute Gasteiger partial charge is 0.282 e. The number of rotatable bonds is 3. The molecule has 0 aromatic heterocycles. The van der Waals surface area contributed by atoms with E-state index in [2.05, 4.69) is 4.40 Å². The summed E-state index contributed by atoms with van der Waals surface area (Å²) in [5, 5.41) is 9.46. The van der Waals surface area contributed by atoms with E-state index in [9.17, 15) is 13.5 Å². The van der Waals surface area contributed by atoms with Crippen LogP contribution in [0.2, 0.25) is 10.0 Å². The van der Waals surface area contributed by atoms with Crippen LogP contribution < -0.4 is 0 Å². The molecule has 2 rings (SSSR count). The van der Waals surface area contributed by atoms with Crippen molar-refractivity contribution < 1.29 is 13.5 Å². The molecule has 0 spiro atoms. The fourth-order valence-corrected chi connectivity index (χ4v) is 2.83. The molecular weight excluding hydrogens is 321 g/mol. The van der Waals surface area contributed by atoms with E-state index in [4.69, 9.17) is 23.2 Å². The van der Waals surface area contributed by atoms with Crippen molar-refractivity contribution in [2.24, 2.45) is 4.40 Å². The lowest BCUT2D eigenvalue weighted by molar-refractivity contribution is 0.476. The number of aromatic hydroxyl groups is 1. The Labute approximate surface area is 126 Å². The first-order chi connectivity index (χ1) is 9.40. The number of phenols is 1. The highest BCUT2D eigenvalue weighted by Gasteiger charge is 2.11. The Bertz CT molecular complexity index is 735. The summed E-state index contributed by atoms with van der Waals surface area (Å²) >= 11 is 11.5. The van der Waals surface area contributed by atoms with Gasteiger partial charge in [-0.1, -0.05) is 41.4 Å². The van der Waals surface area contributed by atoms with Crippen LogP contribution in [0.4, 0.5) is 0 Å². The molecule has 0 heterocycles. The Morgan fingerprint density at radius 3 is 2.15 bits per heavy atom. The molecule has 1 N–H and O–H groups in total. The summed E-state index contributed by atoms with van der Waals surface area (Å²) in [4.78, 5) is 0.0900. The number of hydrogen-bond acceptors (Lipinski definition) is 3. The summed E-state index contributed by atoms with van der Waals surface area (Å²) in [6.45, 7) is 0. The van der Waals surface area contributed by atoms with E-state index in [1.165, 1.54) is 24.3 Å². The lowest BCUT2D eigenvalue weighted by Gasteiger charge is -2.01. The summed E-state index contributed by atoms with van der Waals surface area (Å²) in [6, 6.07) is 10.6.